The normalized spacial score (nSPS) is 18.2. The largest absolute Gasteiger partial charge is 0.426 e. The number of likely N-dealkylation sites (N-methyl/N-ethyl adjacent to an activating group) is 1. The number of carbonyl (C=O) groups excluding carboxylic acids is 2. The Morgan fingerprint density at radius 1 is 0.919 bits per heavy atom. The van der Waals surface area contributed by atoms with E-state index >= 15 is 0 Å². The molecule has 2 fully saturated rings. The predicted octanol–water partition coefficient (Wildman–Crippen LogP) is 2.63. The van der Waals surface area contributed by atoms with Crippen LogP contribution in [0.15, 0.2) is 54.6 Å². The Kier molecular flexibility index (Phi) is 12.0. The van der Waals surface area contributed by atoms with Gasteiger partial charge in [0.15, 0.2) is 0 Å². The van der Waals surface area contributed by atoms with Gasteiger partial charge in [0.1, 0.15) is 5.75 Å². The van der Waals surface area contributed by atoms with Crippen LogP contribution in [-0.4, -0.2) is 98.6 Å². The van der Waals surface area contributed by atoms with Crippen molar-refractivity contribution in [2.24, 2.45) is 0 Å². The maximum absolute atomic E-state index is 13.4. The van der Waals surface area contributed by atoms with Crippen molar-refractivity contribution >= 4 is 11.9 Å². The minimum atomic E-state index is -0.427. The van der Waals surface area contributed by atoms with Crippen LogP contribution in [0.4, 0.5) is 0 Å². The van der Waals surface area contributed by atoms with Crippen molar-refractivity contribution in [1.29, 1.82) is 0 Å². The van der Waals surface area contributed by atoms with Gasteiger partial charge in [0.25, 0.3) is 5.91 Å². The fraction of sp³-hybridized carbons (Fsp3) is 0.517. The van der Waals surface area contributed by atoms with Gasteiger partial charge in [-0.05, 0) is 30.8 Å². The number of nitrogens with one attached hydrogen (secondary N) is 2. The third-order valence-electron chi connectivity index (χ3n) is 6.89. The first-order valence-corrected chi connectivity index (χ1v) is 13.5. The number of piperazine rings is 2. The second-order valence-electron chi connectivity index (χ2n) is 9.33. The van der Waals surface area contributed by atoms with E-state index in [2.05, 4.69) is 58.5 Å². The number of nitrogens with zero attached hydrogens (tertiary/aromatic N) is 3. The molecule has 8 nitrogen and oxygen atoms in total. The number of hydrogen-bond acceptors (Lipinski definition) is 7. The van der Waals surface area contributed by atoms with Gasteiger partial charge in [-0.3, -0.25) is 14.5 Å². The molecule has 1 amide bonds. The molecular formula is C29H43N5O3. The van der Waals surface area contributed by atoms with Crippen molar-refractivity contribution < 1.29 is 14.3 Å². The molecule has 1 unspecified atom stereocenters. The Hall–Kier alpha value is -2.78. The maximum atomic E-state index is 13.4. The molecule has 2 N–H and O–H groups in total. The van der Waals surface area contributed by atoms with Crippen LogP contribution < -0.4 is 15.4 Å². The van der Waals surface area contributed by atoms with Gasteiger partial charge in [0.2, 0.25) is 0 Å². The molecule has 37 heavy (non-hydrogen) atoms. The molecule has 2 aromatic carbocycles. The Labute approximate surface area is 222 Å². The predicted molar refractivity (Wildman–Crippen MR) is 148 cm³/mol. The van der Waals surface area contributed by atoms with Crippen LogP contribution >= 0.6 is 0 Å². The average Bonchev–Trinajstić information content (AvgIpc) is 2.95. The quantitative estimate of drug-likeness (QED) is 0.419. The number of carbonyl (C=O) groups is 2. The zero-order chi connectivity index (χ0) is 26.5. The van der Waals surface area contributed by atoms with Gasteiger partial charge in [0, 0.05) is 65.8 Å². The van der Waals surface area contributed by atoms with E-state index in [0.717, 1.165) is 58.9 Å². The van der Waals surface area contributed by atoms with Crippen molar-refractivity contribution in [3.8, 4) is 5.75 Å². The molecule has 1 atom stereocenters. The lowest BCUT2D eigenvalue weighted by Crippen LogP contribution is -2.52. The molecule has 4 rings (SSSR count). The molecule has 8 heteroatoms. The van der Waals surface area contributed by atoms with Gasteiger partial charge >= 0.3 is 5.97 Å². The Balaban J connectivity index is 0.000000555. The Bertz CT molecular complexity index is 952. The fourth-order valence-corrected chi connectivity index (χ4v) is 4.73. The molecule has 0 saturated carbocycles. The summed E-state index contributed by atoms with van der Waals surface area (Å²) in [6, 6.07) is 17.5. The van der Waals surface area contributed by atoms with Crippen LogP contribution in [0, 0.1) is 0 Å². The molecular weight excluding hydrogens is 466 g/mol. The zero-order valence-corrected chi connectivity index (χ0v) is 22.6. The highest BCUT2D eigenvalue weighted by Crippen LogP contribution is 2.28. The average molecular weight is 510 g/mol. The lowest BCUT2D eigenvalue weighted by Gasteiger charge is -2.42. The van der Waals surface area contributed by atoms with E-state index in [4.69, 9.17) is 4.74 Å². The molecule has 0 bridgehead atoms. The number of amides is 1. The summed E-state index contributed by atoms with van der Waals surface area (Å²) in [6.45, 7) is 16.4. The van der Waals surface area contributed by atoms with Crippen molar-refractivity contribution in [2.75, 3.05) is 72.0 Å². The molecule has 2 heterocycles. The number of esters is 1. The third-order valence-corrected chi connectivity index (χ3v) is 6.89. The first kappa shape index (κ1) is 28.8. The monoisotopic (exact) mass is 509 g/mol. The zero-order valence-electron chi connectivity index (χ0n) is 22.6. The summed E-state index contributed by atoms with van der Waals surface area (Å²) >= 11 is 0. The van der Waals surface area contributed by atoms with Gasteiger partial charge in [0.05, 0.1) is 11.6 Å². The first-order valence-electron chi connectivity index (χ1n) is 13.5. The summed E-state index contributed by atoms with van der Waals surface area (Å²) < 4.78 is 5.28. The first-order chi connectivity index (χ1) is 18.0. The molecule has 0 aliphatic carbocycles. The standard InChI is InChI=1S/C25H33N3O3.C4H10N2/c1-4-26(5-2)15-16-27-17-18-28(19-23(27)21-11-7-6-8-12-21)25(30)22-13-9-10-14-24(22)31-20(3)29;1-2-6-4-3-5-1/h6-14,23H,4-5,15-19H2,1-3H3;5-6H,1-4H2. The van der Waals surface area contributed by atoms with Crippen molar-refractivity contribution in [3.05, 3.63) is 65.7 Å². The summed E-state index contributed by atoms with van der Waals surface area (Å²) in [6.07, 6.45) is 0. The lowest BCUT2D eigenvalue weighted by molar-refractivity contribution is -0.131. The highest BCUT2D eigenvalue weighted by atomic mass is 16.5. The fourth-order valence-electron chi connectivity index (χ4n) is 4.73. The Morgan fingerprint density at radius 2 is 1.54 bits per heavy atom. The molecule has 2 aliphatic heterocycles. The van der Waals surface area contributed by atoms with Crippen LogP contribution in [0.25, 0.3) is 0 Å². The molecule has 2 aliphatic rings. The number of ether oxygens (including phenoxy) is 1. The van der Waals surface area contributed by atoms with Crippen molar-refractivity contribution in [2.45, 2.75) is 26.8 Å². The summed E-state index contributed by atoms with van der Waals surface area (Å²) in [5, 5.41) is 6.44. The second kappa shape index (κ2) is 15.5. The molecule has 2 saturated heterocycles. The minimum absolute atomic E-state index is 0.0961. The van der Waals surface area contributed by atoms with Crippen LogP contribution in [0.2, 0.25) is 0 Å². The summed E-state index contributed by atoms with van der Waals surface area (Å²) in [4.78, 5) is 31.6. The van der Waals surface area contributed by atoms with E-state index in [-0.39, 0.29) is 11.9 Å². The van der Waals surface area contributed by atoms with E-state index in [1.54, 1.807) is 24.3 Å². The van der Waals surface area contributed by atoms with Gasteiger partial charge in [-0.2, -0.15) is 0 Å². The number of para-hydroxylation sites is 1. The van der Waals surface area contributed by atoms with E-state index in [9.17, 15) is 9.59 Å². The van der Waals surface area contributed by atoms with Gasteiger partial charge in [-0.25, -0.2) is 0 Å². The Morgan fingerprint density at radius 3 is 2.14 bits per heavy atom. The van der Waals surface area contributed by atoms with Crippen LogP contribution in [0.3, 0.4) is 0 Å². The summed E-state index contributed by atoms with van der Waals surface area (Å²) in [5.41, 5.74) is 1.65. The number of hydrogen-bond donors (Lipinski definition) is 2. The van der Waals surface area contributed by atoms with Crippen LogP contribution in [-0.2, 0) is 4.79 Å². The van der Waals surface area contributed by atoms with Crippen molar-refractivity contribution in [1.82, 2.24) is 25.3 Å². The summed E-state index contributed by atoms with van der Waals surface area (Å²) in [5.74, 6) is -0.204. The molecule has 0 aromatic heterocycles. The lowest BCUT2D eigenvalue weighted by atomic mass is 10.0. The van der Waals surface area contributed by atoms with E-state index in [0.29, 0.717) is 24.4 Å². The molecule has 202 valence electrons. The highest BCUT2D eigenvalue weighted by molar-refractivity contribution is 5.97. The van der Waals surface area contributed by atoms with Gasteiger partial charge in [-0.15, -0.1) is 0 Å². The van der Waals surface area contributed by atoms with E-state index in [1.807, 2.05) is 11.0 Å². The number of rotatable bonds is 8. The topological polar surface area (TPSA) is 77.2 Å². The number of benzene rings is 2. The molecule has 2 aromatic rings. The smallest absolute Gasteiger partial charge is 0.308 e. The van der Waals surface area contributed by atoms with Gasteiger partial charge in [-0.1, -0.05) is 56.3 Å². The van der Waals surface area contributed by atoms with Crippen LogP contribution in [0.5, 0.6) is 5.75 Å². The third kappa shape index (κ3) is 8.93. The van der Waals surface area contributed by atoms with Crippen molar-refractivity contribution in [3.63, 3.8) is 0 Å². The molecule has 0 radical (unpaired) electrons. The second-order valence-corrected chi connectivity index (χ2v) is 9.33. The molecule has 0 spiro atoms. The van der Waals surface area contributed by atoms with E-state index < -0.39 is 5.97 Å². The highest BCUT2D eigenvalue weighted by Gasteiger charge is 2.32. The SMILES string of the molecule is C1CNCCN1.CCN(CC)CCN1CCN(C(=O)c2ccccc2OC(C)=O)CC1c1ccccc1. The van der Waals surface area contributed by atoms with Crippen LogP contribution in [0.1, 0.15) is 42.7 Å². The maximum Gasteiger partial charge on any atom is 0.308 e. The van der Waals surface area contributed by atoms with E-state index in [1.165, 1.54) is 12.5 Å². The van der Waals surface area contributed by atoms with Gasteiger partial charge < -0.3 is 25.2 Å². The minimum Gasteiger partial charge on any atom is -0.426 e. The summed E-state index contributed by atoms with van der Waals surface area (Å²) in [7, 11) is 0.